The van der Waals surface area contributed by atoms with Crippen molar-refractivity contribution in [2.24, 2.45) is 0 Å². The smallest absolute Gasteiger partial charge is 0.0910 e. The second-order valence-corrected chi connectivity index (χ2v) is 3.20. The Morgan fingerprint density at radius 2 is 2.00 bits per heavy atom. The predicted molar refractivity (Wildman–Crippen MR) is 41.2 cm³/mol. The van der Waals surface area contributed by atoms with Crippen molar-refractivity contribution in [2.45, 2.75) is 25.6 Å². The van der Waals surface area contributed by atoms with Crippen molar-refractivity contribution in [2.75, 3.05) is 4.43 Å². The first-order chi connectivity index (χ1) is 3.48. The van der Waals surface area contributed by atoms with Gasteiger partial charge in [0.25, 0.3) is 0 Å². The molecule has 0 saturated heterocycles. The number of halogens is 1. The topological polar surface area (TPSA) is 40.5 Å². The van der Waals surface area contributed by atoms with Gasteiger partial charge in [-0.25, -0.2) is 0 Å². The molecular formula is C5H11IO2. The molecule has 2 nitrogen and oxygen atoms in total. The van der Waals surface area contributed by atoms with E-state index in [9.17, 15) is 0 Å². The maximum atomic E-state index is 9.03. The quantitative estimate of drug-likeness (QED) is 0.537. The van der Waals surface area contributed by atoms with Crippen molar-refractivity contribution < 1.29 is 10.2 Å². The van der Waals surface area contributed by atoms with Gasteiger partial charge in [0.05, 0.1) is 11.7 Å². The summed E-state index contributed by atoms with van der Waals surface area (Å²) < 4.78 is 0.571. The van der Waals surface area contributed by atoms with E-state index in [0.717, 1.165) is 0 Å². The fraction of sp³-hybridized carbons (Fsp3) is 1.00. The number of hydrogen-bond acceptors (Lipinski definition) is 2. The summed E-state index contributed by atoms with van der Waals surface area (Å²) in [5, 5.41) is 18.0. The van der Waals surface area contributed by atoms with Crippen LogP contribution in [-0.4, -0.2) is 26.3 Å². The Morgan fingerprint density at radius 1 is 1.62 bits per heavy atom. The minimum atomic E-state index is -0.943. The summed E-state index contributed by atoms with van der Waals surface area (Å²) in [6.07, 6.45) is -0.608. The van der Waals surface area contributed by atoms with Crippen molar-refractivity contribution >= 4 is 22.6 Å². The minimum absolute atomic E-state index is 0.571. The molecule has 0 rings (SSSR count). The van der Waals surface area contributed by atoms with E-state index in [-0.39, 0.29) is 0 Å². The lowest BCUT2D eigenvalue weighted by Crippen LogP contribution is -2.36. The second-order valence-electron chi connectivity index (χ2n) is 2.32. The third-order valence-electron chi connectivity index (χ3n) is 0.962. The van der Waals surface area contributed by atoms with Crippen LogP contribution in [0.2, 0.25) is 0 Å². The lowest BCUT2D eigenvalue weighted by Gasteiger charge is -2.21. The maximum absolute atomic E-state index is 9.03. The Hall–Kier alpha value is 0.650. The van der Waals surface area contributed by atoms with Crippen LogP contribution in [-0.2, 0) is 0 Å². The summed E-state index contributed by atoms with van der Waals surface area (Å²) in [7, 11) is 0. The van der Waals surface area contributed by atoms with Gasteiger partial charge < -0.3 is 10.2 Å². The van der Waals surface area contributed by atoms with Crippen LogP contribution < -0.4 is 0 Å². The van der Waals surface area contributed by atoms with Gasteiger partial charge in [-0.1, -0.05) is 22.6 Å². The molecule has 0 bridgehead atoms. The summed E-state index contributed by atoms with van der Waals surface area (Å²) in [6.45, 7) is 3.19. The molecule has 0 aliphatic heterocycles. The van der Waals surface area contributed by atoms with Crippen LogP contribution >= 0.6 is 22.6 Å². The Bertz CT molecular complexity index is 67.3. The Labute approximate surface area is 63.0 Å². The molecule has 0 aromatic carbocycles. The first-order valence-corrected chi connectivity index (χ1v) is 3.97. The van der Waals surface area contributed by atoms with E-state index >= 15 is 0 Å². The fourth-order valence-electron chi connectivity index (χ4n) is 0.189. The molecule has 3 heteroatoms. The summed E-state index contributed by atoms with van der Waals surface area (Å²) in [5.41, 5.74) is -0.943. The molecule has 0 heterocycles. The standard InChI is InChI=1S/C5H11IO2/c1-5(2,8)4(7)3-6/h4,7-8H,3H2,1-2H3. The van der Waals surface area contributed by atoms with E-state index in [1.54, 1.807) is 13.8 Å². The summed E-state index contributed by atoms with van der Waals surface area (Å²) >= 11 is 2.03. The Balaban J connectivity index is 3.62. The van der Waals surface area contributed by atoms with Crippen LogP contribution in [0.15, 0.2) is 0 Å². The van der Waals surface area contributed by atoms with Crippen molar-refractivity contribution in [1.29, 1.82) is 0 Å². The molecule has 0 saturated carbocycles. The molecule has 0 aliphatic carbocycles. The minimum Gasteiger partial charge on any atom is -0.389 e. The van der Waals surface area contributed by atoms with E-state index in [1.165, 1.54) is 0 Å². The zero-order valence-corrected chi connectivity index (χ0v) is 7.21. The Kier molecular flexibility index (Phi) is 3.23. The van der Waals surface area contributed by atoms with E-state index in [1.807, 2.05) is 22.6 Å². The third-order valence-corrected chi connectivity index (χ3v) is 1.80. The number of alkyl halides is 1. The molecule has 2 N–H and O–H groups in total. The highest BCUT2D eigenvalue weighted by Gasteiger charge is 2.22. The molecule has 50 valence electrons. The van der Waals surface area contributed by atoms with Gasteiger partial charge in [0.2, 0.25) is 0 Å². The van der Waals surface area contributed by atoms with Gasteiger partial charge in [-0.3, -0.25) is 0 Å². The van der Waals surface area contributed by atoms with E-state index in [0.29, 0.717) is 4.43 Å². The zero-order chi connectivity index (χ0) is 6.78. The first-order valence-electron chi connectivity index (χ1n) is 2.45. The van der Waals surface area contributed by atoms with Crippen LogP contribution in [0.4, 0.5) is 0 Å². The zero-order valence-electron chi connectivity index (χ0n) is 5.06. The van der Waals surface area contributed by atoms with Crippen molar-refractivity contribution in [3.05, 3.63) is 0 Å². The first kappa shape index (κ1) is 8.65. The fourth-order valence-corrected chi connectivity index (χ4v) is 1.27. The lowest BCUT2D eigenvalue weighted by molar-refractivity contribution is -0.0335. The summed E-state index contributed by atoms with van der Waals surface area (Å²) in [5.74, 6) is 0. The number of rotatable bonds is 2. The number of hydrogen-bond donors (Lipinski definition) is 2. The van der Waals surface area contributed by atoms with Gasteiger partial charge in [-0.2, -0.15) is 0 Å². The van der Waals surface area contributed by atoms with E-state index < -0.39 is 11.7 Å². The molecule has 0 aromatic heterocycles. The monoisotopic (exact) mass is 230 g/mol. The molecule has 0 aliphatic rings. The molecular weight excluding hydrogens is 219 g/mol. The van der Waals surface area contributed by atoms with Gasteiger partial charge >= 0.3 is 0 Å². The van der Waals surface area contributed by atoms with Gasteiger partial charge in [0.1, 0.15) is 0 Å². The highest BCUT2D eigenvalue weighted by Crippen LogP contribution is 2.09. The van der Waals surface area contributed by atoms with Crippen LogP contribution in [0, 0.1) is 0 Å². The molecule has 0 radical (unpaired) electrons. The third kappa shape index (κ3) is 2.84. The molecule has 0 aromatic rings. The summed E-state index contributed by atoms with van der Waals surface area (Å²) in [4.78, 5) is 0. The van der Waals surface area contributed by atoms with Crippen LogP contribution in [0.5, 0.6) is 0 Å². The van der Waals surface area contributed by atoms with Crippen molar-refractivity contribution in [3.8, 4) is 0 Å². The second kappa shape index (κ2) is 2.98. The predicted octanol–water partition coefficient (Wildman–Crippen LogP) is 0.553. The highest BCUT2D eigenvalue weighted by atomic mass is 127. The van der Waals surface area contributed by atoms with Gasteiger partial charge in [0.15, 0.2) is 0 Å². The SMILES string of the molecule is CC(C)(O)C(O)CI. The normalized spacial score (nSPS) is 16.1. The number of aliphatic hydroxyl groups excluding tert-OH is 1. The number of aliphatic hydroxyl groups is 2. The van der Waals surface area contributed by atoms with Crippen molar-refractivity contribution in [3.63, 3.8) is 0 Å². The van der Waals surface area contributed by atoms with Crippen LogP contribution in [0.3, 0.4) is 0 Å². The maximum Gasteiger partial charge on any atom is 0.0910 e. The Morgan fingerprint density at radius 3 is 2.00 bits per heavy atom. The van der Waals surface area contributed by atoms with Gasteiger partial charge in [-0.15, -0.1) is 0 Å². The molecule has 8 heavy (non-hydrogen) atoms. The van der Waals surface area contributed by atoms with Crippen LogP contribution in [0.25, 0.3) is 0 Å². The average molecular weight is 230 g/mol. The highest BCUT2D eigenvalue weighted by molar-refractivity contribution is 14.1. The van der Waals surface area contributed by atoms with Crippen molar-refractivity contribution in [1.82, 2.24) is 0 Å². The average Bonchev–Trinajstić information content (AvgIpc) is 1.62. The molecule has 0 fully saturated rings. The summed E-state index contributed by atoms with van der Waals surface area (Å²) in [6, 6.07) is 0. The molecule has 1 atom stereocenters. The lowest BCUT2D eigenvalue weighted by atomic mass is 10.0. The molecule has 1 unspecified atom stereocenters. The van der Waals surface area contributed by atoms with Gasteiger partial charge in [-0.05, 0) is 13.8 Å². The molecule has 0 spiro atoms. The van der Waals surface area contributed by atoms with Crippen LogP contribution in [0.1, 0.15) is 13.8 Å². The largest absolute Gasteiger partial charge is 0.389 e. The molecule has 0 amide bonds. The van der Waals surface area contributed by atoms with Gasteiger partial charge in [0, 0.05) is 4.43 Å². The van der Waals surface area contributed by atoms with E-state index in [2.05, 4.69) is 0 Å². The van der Waals surface area contributed by atoms with E-state index in [4.69, 9.17) is 10.2 Å².